The molecule has 6 heteroatoms. The topological polar surface area (TPSA) is 84.2 Å². The lowest BCUT2D eigenvalue weighted by Gasteiger charge is -2.18. The highest BCUT2D eigenvalue weighted by atomic mass is 16.4. The lowest BCUT2D eigenvalue weighted by molar-refractivity contribution is -0.137. The number of nitrogens with zero attached hydrogens (tertiary/aromatic N) is 2. The van der Waals surface area contributed by atoms with Crippen LogP contribution < -0.4 is 5.32 Å². The molecule has 1 aromatic heterocycles. The molecule has 0 aliphatic heterocycles. The molecule has 2 N–H and O–H groups in total. The van der Waals surface area contributed by atoms with Gasteiger partial charge in [0, 0.05) is 7.05 Å². The summed E-state index contributed by atoms with van der Waals surface area (Å²) in [6.07, 6.45) is -0.195. The highest BCUT2D eigenvalue weighted by Gasteiger charge is 2.22. The van der Waals surface area contributed by atoms with Crippen LogP contribution in [0.3, 0.4) is 0 Å². The first-order chi connectivity index (χ1) is 12.8. The molecule has 0 spiro atoms. The van der Waals surface area contributed by atoms with Crippen LogP contribution in [0.4, 0.5) is 0 Å². The molecule has 0 unspecified atom stereocenters. The number of carbonyl (C=O) groups is 2. The first kappa shape index (κ1) is 18.6. The lowest BCUT2D eigenvalue weighted by atomic mass is 9.99. The molecule has 2 aromatic carbocycles. The Hall–Kier alpha value is -3.15. The molecule has 0 bridgehead atoms. The smallest absolute Gasteiger partial charge is 0.305 e. The Labute approximate surface area is 157 Å². The van der Waals surface area contributed by atoms with Crippen molar-refractivity contribution >= 4 is 22.6 Å². The van der Waals surface area contributed by atoms with Crippen LogP contribution in [0.25, 0.3) is 10.8 Å². The number of aryl methyl sites for hydroxylation is 1. The number of benzene rings is 2. The first-order valence-electron chi connectivity index (χ1n) is 8.90. The van der Waals surface area contributed by atoms with Crippen LogP contribution in [0.2, 0.25) is 0 Å². The van der Waals surface area contributed by atoms with E-state index in [1.165, 1.54) is 4.68 Å². The molecule has 1 atom stereocenters. The zero-order valence-corrected chi connectivity index (χ0v) is 15.6. The van der Waals surface area contributed by atoms with Crippen molar-refractivity contribution in [2.75, 3.05) is 0 Å². The molecular formula is C21H23N3O3. The maximum Gasteiger partial charge on any atom is 0.305 e. The third-order valence-corrected chi connectivity index (χ3v) is 4.58. The zero-order chi connectivity index (χ0) is 19.6. The second-order valence-electron chi connectivity index (χ2n) is 6.96. The van der Waals surface area contributed by atoms with E-state index < -0.39 is 12.0 Å². The Bertz CT molecular complexity index is 991. The number of carbonyl (C=O) groups excluding carboxylic acids is 1. The number of fused-ring (bicyclic) bond motifs is 1. The Morgan fingerprint density at radius 2 is 1.81 bits per heavy atom. The summed E-state index contributed by atoms with van der Waals surface area (Å²) < 4.78 is 1.53. The molecular weight excluding hydrogens is 342 g/mol. The van der Waals surface area contributed by atoms with Gasteiger partial charge in [-0.2, -0.15) is 5.10 Å². The van der Waals surface area contributed by atoms with Gasteiger partial charge in [0.05, 0.1) is 18.2 Å². The van der Waals surface area contributed by atoms with Gasteiger partial charge in [0.25, 0.3) is 5.91 Å². The first-order valence-corrected chi connectivity index (χ1v) is 8.90. The number of aliphatic carboxylic acids is 1. The third-order valence-electron chi connectivity index (χ3n) is 4.58. The summed E-state index contributed by atoms with van der Waals surface area (Å²) in [5, 5.41) is 18.6. The molecule has 6 nitrogen and oxygen atoms in total. The van der Waals surface area contributed by atoms with E-state index in [-0.39, 0.29) is 18.2 Å². The normalized spacial score (nSPS) is 12.3. The number of nitrogens with one attached hydrogen (secondary N) is 1. The molecule has 3 aromatic rings. The number of rotatable bonds is 6. The van der Waals surface area contributed by atoms with Crippen LogP contribution in [0.1, 0.15) is 54.0 Å². The van der Waals surface area contributed by atoms with E-state index in [0.29, 0.717) is 5.69 Å². The van der Waals surface area contributed by atoms with E-state index in [1.807, 2.05) is 56.3 Å². The summed E-state index contributed by atoms with van der Waals surface area (Å²) in [6.45, 7) is 4.01. The van der Waals surface area contributed by atoms with Crippen molar-refractivity contribution in [1.29, 1.82) is 0 Å². The molecule has 0 aliphatic carbocycles. The summed E-state index contributed by atoms with van der Waals surface area (Å²) >= 11 is 0. The average Bonchev–Trinajstić information content (AvgIpc) is 3.02. The Balaban J connectivity index is 1.90. The van der Waals surface area contributed by atoms with E-state index in [1.54, 1.807) is 13.1 Å². The van der Waals surface area contributed by atoms with Gasteiger partial charge in [0.2, 0.25) is 0 Å². The predicted octanol–water partition coefficient (Wildman–Crippen LogP) is 3.64. The minimum atomic E-state index is -0.971. The summed E-state index contributed by atoms with van der Waals surface area (Å²) in [4.78, 5) is 24.1. The van der Waals surface area contributed by atoms with Crippen molar-refractivity contribution in [2.45, 2.75) is 32.2 Å². The Morgan fingerprint density at radius 3 is 2.44 bits per heavy atom. The number of hydrogen-bond acceptors (Lipinski definition) is 3. The number of aromatic nitrogens is 2. The maximum atomic E-state index is 12.8. The minimum absolute atomic E-state index is 0.195. The number of hydrogen-bond donors (Lipinski definition) is 2. The van der Waals surface area contributed by atoms with Gasteiger partial charge in [-0.05, 0) is 34.4 Å². The average molecular weight is 365 g/mol. The van der Waals surface area contributed by atoms with Crippen LogP contribution in [0.15, 0.2) is 48.5 Å². The summed E-state index contributed by atoms with van der Waals surface area (Å²) in [7, 11) is 1.71. The highest BCUT2D eigenvalue weighted by molar-refractivity contribution is 5.93. The Kier molecular flexibility index (Phi) is 5.26. The summed E-state index contributed by atoms with van der Waals surface area (Å²) in [5.74, 6) is -1.11. The standard InChI is InChI=1S/C21H23N3O3/c1-13(2)17-11-19(24(3)23-17)21(27)22-18(12-20(25)26)16-9-8-14-6-4-5-7-15(14)10-16/h4-11,13,18H,12H2,1-3H3,(H,22,27)(H,25,26)/t18-/m0/s1. The summed E-state index contributed by atoms with van der Waals surface area (Å²) in [5.41, 5.74) is 1.99. The SMILES string of the molecule is CC(C)c1cc(C(=O)N[C@@H](CC(=O)O)c2ccc3ccccc3c2)n(C)n1. The number of carboxylic acid groups (broad SMARTS) is 1. The van der Waals surface area contributed by atoms with Gasteiger partial charge in [-0.3, -0.25) is 14.3 Å². The van der Waals surface area contributed by atoms with Crippen molar-refractivity contribution < 1.29 is 14.7 Å². The fraction of sp³-hybridized carbons (Fsp3) is 0.286. The molecule has 3 rings (SSSR count). The van der Waals surface area contributed by atoms with Crippen LogP contribution in [-0.4, -0.2) is 26.8 Å². The van der Waals surface area contributed by atoms with E-state index in [9.17, 15) is 14.7 Å². The molecule has 1 amide bonds. The second kappa shape index (κ2) is 7.61. The summed E-state index contributed by atoms with van der Waals surface area (Å²) in [6, 6.07) is 14.7. The molecule has 1 heterocycles. The van der Waals surface area contributed by atoms with E-state index in [2.05, 4.69) is 10.4 Å². The molecule has 0 radical (unpaired) electrons. The molecule has 0 aliphatic rings. The minimum Gasteiger partial charge on any atom is -0.481 e. The largest absolute Gasteiger partial charge is 0.481 e. The van der Waals surface area contributed by atoms with Crippen molar-refractivity contribution in [3.8, 4) is 0 Å². The maximum absolute atomic E-state index is 12.8. The van der Waals surface area contributed by atoms with E-state index >= 15 is 0 Å². The number of amides is 1. The van der Waals surface area contributed by atoms with Crippen molar-refractivity contribution in [3.05, 3.63) is 65.5 Å². The van der Waals surface area contributed by atoms with Crippen molar-refractivity contribution in [1.82, 2.24) is 15.1 Å². The Morgan fingerprint density at radius 1 is 1.11 bits per heavy atom. The fourth-order valence-corrected chi connectivity index (χ4v) is 3.07. The van der Waals surface area contributed by atoms with Crippen LogP contribution in [0, 0.1) is 0 Å². The zero-order valence-electron chi connectivity index (χ0n) is 15.6. The van der Waals surface area contributed by atoms with Gasteiger partial charge >= 0.3 is 5.97 Å². The molecule has 27 heavy (non-hydrogen) atoms. The van der Waals surface area contributed by atoms with Gasteiger partial charge < -0.3 is 10.4 Å². The van der Waals surface area contributed by atoms with Gasteiger partial charge in [-0.15, -0.1) is 0 Å². The van der Waals surface area contributed by atoms with Crippen molar-refractivity contribution in [3.63, 3.8) is 0 Å². The van der Waals surface area contributed by atoms with Crippen molar-refractivity contribution in [2.24, 2.45) is 7.05 Å². The van der Waals surface area contributed by atoms with Gasteiger partial charge in [0.15, 0.2) is 0 Å². The van der Waals surface area contributed by atoms with Crippen LogP contribution >= 0.6 is 0 Å². The lowest BCUT2D eigenvalue weighted by Crippen LogP contribution is -2.31. The molecule has 0 fully saturated rings. The molecule has 140 valence electrons. The van der Waals surface area contributed by atoms with Gasteiger partial charge in [0.1, 0.15) is 5.69 Å². The third kappa shape index (κ3) is 4.16. The predicted molar refractivity (Wildman–Crippen MR) is 104 cm³/mol. The monoisotopic (exact) mass is 365 g/mol. The van der Waals surface area contributed by atoms with Gasteiger partial charge in [-0.25, -0.2) is 0 Å². The number of carboxylic acids is 1. The van der Waals surface area contributed by atoms with E-state index in [0.717, 1.165) is 22.0 Å². The van der Waals surface area contributed by atoms with E-state index in [4.69, 9.17) is 0 Å². The second-order valence-corrected chi connectivity index (χ2v) is 6.96. The molecule has 0 saturated heterocycles. The van der Waals surface area contributed by atoms with Crippen LogP contribution in [-0.2, 0) is 11.8 Å². The fourth-order valence-electron chi connectivity index (χ4n) is 3.07. The molecule has 0 saturated carbocycles. The highest BCUT2D eigenvalue weighted by Crippen LogP contribution is 2.23. The van der Waals surface area contributed by atoms with Crippen LogP contribution in [0.5, 0.6) is 0 Å². The van der Waals surface area contributed by atoms with Gasteiger partial charge in [-0.1, -0.05) is 50.2 Å². The quantitative estimate of drug-likeness (QED) is 0.698.